The molecule has 0 spiro atoms. The molecule has 1 N–H and O–H groups in total. The molecule has 3 heterocycles. The summed E-state index contributed by atoms with van der Waals surface area (Å²) in [4.78, 5) is 25.6. The fourth-order valence-electron chi connectivity index (χ4n) is 4.99. The Balaban J connectivity index is 1.52. The maximum Gasteiger partial charge on any atom is 0.493 e. The predicted molar refractivity (Wildman–Crippen MR) is 144 cm³/mol. The lowest BCUT2D eigenvalue weighted by molar-refractivity contribution is -0.234. The molecule has 0 saturated carbocycles. The zero-order valence-corrected chi connectivity index (χ0v) is 23.0. The van der Waals surface area contributed by atoms with Gasteiger partial charge in [0.15, 0.2) is 0 Å². The number of hydroxylamine groups is 2. The first-order chi connectivity index (χ1) is 19.7. The SMILES string of the molecule is CCOc1ccc(C2CCCCN3NC(=Nc4ccc(-n5cnc(Cl)c5)c(OC)c4)N(OC(=O)C(F)(F)F)C23)cc1. The summed E-state index contributed by atoms with van der Waals surface area (Å²) in [6.45, 7) is 2.89. The lowest BCUT2D eigenvalue weighted by Crippen LogP contribution is -2.46. The van der Waals surface area contributed by atoms with Crippen LogP contribution in [0.15, 0.2) is 60.0 Å². The number of carbonyl (C=O) groups is 1. The van der Waals surface area contributed by atoms with E-state index in [-0.39, 0.29) is 11.9 Å². The summed E-state index contributed by atoms with van der Waals surface area (Å²) >= 11 is 5.95. The summed E-state index contributed by atoms with van der Waals surface area (Å²) in [5.41, 5.74) is 4.92. The topological polar surface area (TPSA) is 93.4 Å². The summed E-state index contributed by atoms with van der Waals surface area (Å²) in [7, 11) is 1.48. The number of nitrogens with zero attached hydrogens (tertiary/aromatic N) is 5. The van der Waals surface area contributed by atoms with E-state index in [1.165, 1.54) is 13.4 Å². The number of aliphatic imine (C=N–C) groups is 1. The Morgan fingerprint density at radius 1 is 1.20 bits per heavy atom. The maximum atomic E-state index is 13.4. The number of fused-ring (bicyclic) bond motifs is 1. The molecule has 0 aliphatic carbocycles. The fraction of sp³-hybridized carbons (Fsp3) is 0.370. The van der Waals surface area contributed by atoms with Crippen LogP contribution in [-0.4, -0.2) is 64.2 Å². The molecular formula is C27H28ClF3N6O4. The van der Waals surface area contributed by atoms with Gasteiger partial charge < -0.3 is 18.9 Å². The highest BCUT2D eigenvalue weighted by Crippen LogP contribution is 2.38. The minimum atomic E-state index is -5.20. The van der Waals surface area contributed by atoms with E-state index in [4.69, 9.17) is 25.9 Å². The molecule has 0 bridgehead atoms. The summed E-state index contributed by atoms with van der Waals surface area (Å²) < 4.78 is 52.9. The zero-order chi connectivity index (χ0) is 29.1. The van der Waals surface area contributed by atoms with Crippen LogP contribution in [0.2, 0.25) is 5.15 Å². The van der Waals surface area contributed by atoms with Gasteiger partial charge >= 0.3 is 12.1 Å². The number of hydrogen-bond acceptors (Lipinski definition) is 7. The molecule has 3 aromatic rings. The molecule has 41 heavy (non-hydrogen) atoms. The number of nitrogens with one attached hydrogen (secondary N) is 1. The summed E-state index contributed by atoms with van der Waals surface area (Å²) in [6, 6.07) is 12.4. The summed E-state index contributed by atoms with van der Waals surface area (Å²) in [5.74, 6) is -1.61. The predicted octanol–water partition coefficient (Wildman–Crippen LogP) is 5.36. The molecule has 0 amide bonds. The Morgan fingerprint density at radius 2 is 1.98 bits per heavy atom. The van der Waals surface area contributed by atoms with E-state index in [1.54, 1.807) is 34.0 Å². The number of rotatable bonds is 7. The van der Waals surface area contributed by atoms with Crippen LogP contribution in [0.25, 0.3) is 5.69 Å². The Morgan fingerprint density at radius 3 is 2.63 bits per heavy atom. The van der Waals surface area contributed by atoms with Gasteiger partial charge in [0.25, 0.3) is 0 Å². The van der Waals surface area contributed by atoms with Crippen molar-refractivity contribution >= 4 is 29.2 Å². The van der Waals surface area contributed by atoms with Crippen LogP contribution in [0.3, 0.4) is 0 Å². The van der Waals surface area contributed by atoms with E-state index in [1.807, 2.05) is 31.2 Å². The minimum absolute atomic E-state index is 0.0640. The Hall–Kier alpha value is -3.97. The van der Waals surface area contributed by atoms with Gasteiger partial charge in [-0.15, -0.1) is 0 Å². The van der Waals surface area contributed by atoms with Gasteiger partial charge in [0.1, 0.15) is 29.1 Å². The average molecular weight is 593 g/mol. The summed E-state index contributed by atoms with van der Waals surface area (Å²) in [6.07, 6.45) is -0.600. The van der Waals surface area contributed by atoms with Crippen LogP contribution in [0, 0.1) is 0 Å². The van der Waals surface area contributed by atoms with Crippen molar-refractivity contribution in [1.29, 1.82) is 0 Å². The molecule has 2 aliphatic rings. The number of alkyl halides is 3. The average Bonchev–Trinajstić information content (AvgIpc) is 3.45. The monoisotopic (exact) mass is 592 g/mol. The number of aromatic nitrogens is 2. The van der Waals surface area contributed by atoms with Gasteiger partial charge in [0, 0.05) is 24.7 Å². The third kappa shape index (κ3) is 6.20. The lowest BCUT2D eigenvalue weighted by atomic mass is 9.91. The number of carbonyl (C=O) groups excluding carboxylic acids is 1. The standard InChI is InChI=1S/C27H28ClF3N6O4/c1-3-40-19-10-7-17(8-11-19)20-6-4-5-13-36-24(20)37(41-25(38)27(29,30)31)26(34-36)33-18-9-12-21(22(14-18)39-2)35-15-23(28)32-16-35/h7-12,14-16,20,24H,3-6,13H2,1-2H3,(H,33,34). The largest absolute Gasteiger partial charge is 0.494 e. The molecule has 14 heteroatoms. The molecule has 10 nitrogen and oxygen atoms in total. The lowest BCUT2D eigenvalue weighted by Gasteiger charge is -2.32. The third-order valence-electron chi connectivity index (χ3n) is 6.80. The molecule has 218 valence electrons. The minimum Gasteiger partial charge on any atom is -0.494 e. The molecule has 2 aliphatic heterocycles. The Bertz CT molecular complexity index is 1410. The van der Waals surface area contributed by atoms with Crippen LogP contribution >= 0.6 is 11.6 Å². The van der Waals surface area contributed by atoms with Gasteiger partial charge in [0.05, 0.1) is 25.1 Å². The highest BCUT2D eigenvalue weighted by Gasteiger charge is 2.50. The van der Waals surface area contributed by atoms with Crippen molar-refractivity contribution in [2.75, 3.05) is 20.3 Å². The van der Waals surface area contributed by atoms with Crippen molar-refractivity contribution in [3.05, 3.63) is 65.7 Å². The first-order valence-corrected chi connectivity index (χ1v) is 13.4. The number of halogens is 4. The molecule has 1 aromatic heterocycles. The molecule has 5 rings (SSSR count). The number of methoxy groups -OCH3 is 1. The van der Waals surface area contributed by atoms with Crippen molar-refractivity contribution in [3.8, 4) is 17.2 Å². The molecule has 2 fully saturated rings. The van der Waals surface area contributed by atoms with Gasteiger partial charge in [-0.1, -0.05) is 30.2 Å². The number of ether oxygens (including phenoxy) is 2. The van der Waals surface area contributed by atoms with Crippen LogP contribution in [-0.2, 0) is 9.63 Å². The number of hydrogen-bond donors (Lipinski definition) is 1. The van der Waals surface area contributed by atoms with Crippen LogP contribution < -0.4 is 14.9 Å². The second-order valence-corrected chi connectivity index (χ2v) is 9.81. The van der Waals surface area contributed by atoms with Gasteiger partial charge in [-0.25, -0.2) is 14.8 Å². The quantitative estimate of drug-likeness (QED) is 0.392. The van der Waals surface area contributed by atoms with Crippen molar-refractivity contribution < 1.29 is 32.3 Å². The zero-order valence-electron chi connectivity index (χ0n) is 22.3. The Kier molecular flexibility index (Phi) is 8.27. The van der Waals surface area contributed by atoms with Crippen molar-refractivity contribution in [2.45, 2.75) is 44.4 Å². The van der Waals surface area contributed by atoms with Gasteiger partial charge in [-0.3, -0.25) is 5.43 Å². The normalized spacial score (nSPS) is 20.3. The van der Waals surface area contributed by atoms with E-state index in [9.17, 15) is 18.0 Å². The van der Waals surface area contributed by atoms with E-state index in [0.717, 1.165) is 23.5 Å². The molecule has 2 saturated heterocycles. The highest BCUT2D eigenvalue weighted by molar-refractivity contribution is 6.29. The second kappa shape index (κ2) is 11.9. The van der Waals surface area contributed by atoms with E-state index < -0.39 is 18.3 Å². The molecule has 2 atom stereocenters. The first kappa shape index (κ1) is 28.6. The van der Waals surface area contributed by atoms with Crippen LogP contribution in [0.5, 0.6) is 11.5 Å². The fourth-order valence-corrected chi connectivity index (χ4v) is 5.14. The maximum absolute atomic E-state index is 13.4. The third-order valence-corrected chi connectivity index (χ3v) is 6.99. The number of guanidine groups is 1. The van der Waals surface area contributed by atoms with E-state index in [2.05, 4.69) is 15.4 Å². The Labute approximate surface area is 239 Å². The smallest absolute Gasteiger partial charge is 0.493 e. The van der Waals surface area contributed by atoms with Crippen molar-refractivity contribution in [1.82, 2.24) is 25.0 Å². The summed E-state index contributed by atoms with van der Waals surface area (Å²) in [5, 5.41) is 2.98. The van der Waals surface area contributed by atoms with Crippen molar-refractivity contribution in [2.24, 2.45) is 4.99 Å². The first-order valence-electron chi connectivity index (χ1n) is 13.0. The van der Waals surface area contributed by atoms with Gasteiger partial charge in [0.2, 0.25) is 5.96 Å². The molecular weight excluding hydrogens is 565 g/mol. The van der Waals surface area contributed by atoms with Crippen LogP contribution in [0.4, 0.5) is 18.9 Å². The highest BCUT2D eigenvalue weighted by atomic mass is 35.5. The molecule has 2 aromatic carbocycles. The number of hydrazine groups is 1. The van der Waals surface area contributed by atoms with Gasteiger partial charge in [-0.05, 0) is 49.6 Å². The number of benzene rings is 2. The van der Waals surface area contributed by atoms with Crippen LogP contribution in [0.1, 0.15) is 37.7 Å². The number of imidazole rings is 1. The van der Waals surface area contributed by atoms with E-state index >= 15 is 0 Å². The molecule has 2 unspecified atom stereocenters. The van der Waals surface area contributed by atoms with E-state index in [0.29, 0.717) is 47.6 Å². The molecule has 0 radical (unpaired) electrons. The van der Waals surface area contributed by atoms with Crippen molar-refractivity contribution in [3.63, 3.8) is 0 Å². The van der Waals surface area contributed by atoms with Gasteiger partial charge in [-0.2, -0.15) is 23.2 Å². The second-order valence-electron chi connectivity index (χ2n) is 9.42.